The predicted molar refractivity (Wildman–Crippen MR) is 95.1 cm³/mol. The normalized spacial score (nSPS) is 10.0. The molecule has 0 unspecified atom stereocenters. The van der Waals surface area contributed by atoms with Crippen molar-refractivity contribution >= 4 is 17.3 Å². The molecular weight excluding hydrogens is 320 g/mol. The van der Waals surface area contributed by atoms with Gasteiger partial charge in [-0.3, -0.25) is 4.79 Å². The van der Waals surface area contributed by atoms with Crippen LogP contribution in [-0.2, 0) is 9.53 Å². The summed E-state index contributed by atoms with van der Waals surface area (Å²) >= 11 is 0. The average molecular weight is 340 g/mol. The smallest absolute Gasteiger partial charge is 0.338 e. The minimum atomic E-state index is -0.570. The van der Waals surface area contributed by atoms with E-state index in [2.05, 4.69) is 6.58 Å². The van der Waals surface area contributed by atoms with Gasteiger partial charge >= 0.3 is 5.97 Å². The number of benzene rings is 2. The van der Waals surface area contributed by atoms with Crippen LogP contribution in [0.1, 0.15) is 28.4 Å². The van der Waals surface area contributed by atoms with Crippen molar-refractivity contribution in [2.24, 2.45) is 0 Å². The molecule has 130 valence electrons. The Bertz CT molecular complexity index is 790. The van der Waals surface area contributed by atoms with Crippen LogP contribution in [0, 0.1) is 0 Å². The highest BCUT2D eigenvalue weighted by atomic mass is 16.5. The van der Waals surface area contributed by atoms with Crippen LogP contribution in [0.2, 0.25) is 0 Å². The number of rotatable bonds is 7. The third kappa shape index (κ3) is 4.07. The van der Waals surface area contributed by atoms with Gasteiger partial charge < -0.3 is 14.2 Å². The van der Waals surface area contributed by atoms with Crippen LogP contribution in [0.5, 0.6) is 11.5 Å². The fourth-order valence-corrected chi connectivity index (χ4v) is 2.32. The molecular formula is C20H20O5. The van der Waals surface area contributed by atoms with Gasteiger partial charge in [0.15, 0.2) is 5.78 Å². The molecule has 0 radical (unpaired) electrons. The van der Waals surface area contributed by atoms with Crippen LogP contribution >= 0.6 is 0 Å². The maximum absolute atomic E-state index is 12.9. The molecule has 2 aromatic rings. The Balaban J connectivity index is 2.46. The number of hydrogen-bond donors (Lipinski definition) is 0. The van der Waals surface area contributed by atoms with Crippen molar-refractivity contribution in [1.82, 2.24) is 0 Å². The molecule has 0 amide bonds. The molecule has 0 N–H and O–H groups in total. The summed E-state index contributed by atoms with van der Waals surface area (Å²) in [5, 5.41) is 0. The first-order chi connectivity index (χ1) is 12.0. The summed E-state index contributed by atoms with van der Waals surface area (Å²) < 4.78 is 15.3. The molecule has 5 nitrogen and oxygen atoms in total. The van der Waals surface area contributed by atoms with Crippen molar-refractivity contribution in [3.05, 3.63) is 65.7 Å². The number of ether oxygens (including phenoxy) is 3. The number of esters is 1. The molecule has 0 heterocycles. The Morgan fingerprint density at radius 2 is 1.52 bits per heavy atom. The lowest BCUT2D eigenvalue weighted by Gasteiger charge is -2.13. The van der Waals surface area contributed by atoms with Gasteiger partial charge in [0.1, 0.15) is 11.5 Å². The highest BCUT2D eigenvalue weighted by Gasteiger charge is 2.20. The van der Waals surface area contributed by atoms with Gasteiger partial charge in [0, 0.05) is 16.7 Å². The van der Waals surface area contributed by atoms with Crippen LogP contribution in [0.4, 0.5) is 0 Å². The van der Waals surface area contributed by atoms with Crippen molar-refractivity contribution < 1.29 is 23.8 Å². The molecule has 2 aromatic carbocycles. The van der Waals surface area contributed by atoms with E-state index in [1.54, 1.807) is 56.5 Å². The maximum atomic E-state index is 12.9. The number of carbonyl (C=O) groups is 2. The Kier molecular flexibility index (Phi) is 5.95. The van der Waals surface area contributed by atoms with Gasteiger partial charge in [0.2, 0.25) is 0 Å². The van der Waals surface area contributed by atoms with E-state index in [9.17, 15) is 9.59 Å². The molecule has 0 fully saturated rings. The highest BCUT2D eigenvalue weighted by molar-refractivity contribution is 6.21. The Labute approximate surface area is 146 Å². The third-order valence-electron chi connectivity index (χ3n) is 3.67. The molecule has 0 bridgehead atoms. The molecule has 0 aliphatic rings. The van der Waals surface area contributed by atoms with Crippen molar-refractivity contribution in [1.29, 1.82) is 0 Å². The number of methoxy groups -OCH3 is 2. The zero-order valence-corrected chi connectivity index (χ0v) is 14.5. The quantitative estimate of drug-likeness (QED) is 0.438. The summed E-state index contributed by atoms with van der Waals surface area (Å²) in [5.74, 6) is 0.374. The van der Waals surface area contributed by atoms with Crippen LogP contribution in [0.3, 0.4) is 0 Å². The first-order valence-corrected chi connectivity index (χ1v) is 7.75. The second kappa shape index (κ2) is 8.15. The Hall–Kier alpha value is -3.08. The summed E-state index contributed by atoms with van der Waals surface area (Å²) in [6.07, 6.45) is 0. The fourth-order valence-electron chi connectivity index (χ4n) is 2.32. The molecule has 0 saturated carbocycles. The van der Waals surface area contributed by atoms with Crippen LogP contribution in [0.15, 0.2) is 49.0 Å². The second-order valence-electron chi connectivity index (χ2n) is 5.17. The third-order valence-corrected chi connectivity index (χ3v) is 3.67. The molecule has 0 spiro atoms. The lowest BCUT2D eigenvalue weighted by molar-refractivity contribution is -0.136. The number of hydrogen-bond acceptors (Lipinski definition) is 5. The first-order valence-electron chi connectivity index (χ1n) is 7.75. The topological polar surface area (TPSA) is 61.8 Å². The fraction of sp³-hybridized carbons (Fsp3) is 0.200. The molecule has 0 aliphatic heterocycles. The van der Waals surface area contributed by atoms with Gasteiger partial charge in [-0.15, -0.1) is 0 Å². The summed E-state index contributed by atoms with van der Waals surface area (Å²) in [5.41, 5.74) is 1.32. The van der Waals surface area contributed by atoms with E-state index < -0.39 is 5.97 Å². The van der Waals surface area contributed by atoms with E-state index in [0.29, 0.717) is 28.2 Å². The van der Waals surface area contributed by atoms with Crippen LogP contribution < -0.4 is 9.47 Å². The Morgan fingerprint density at radius 3 is 2.08 bits per heavy atom. The van der Waals surface area contributed by atoms with E-state index in [4.69, 9.17) is 14.2 Å². The molecule has 0 aromatic heterocycles. The molecule has 5 heteroatoms. The van der Waals surface area contributed by atoms with Gasteiger partial charge in [-0.1, -0.05) is 6.58 Å². The maximum Gasteiger partial charge on any atom is 0.338 e. The van der Waals surface area contributed by atoms with Crippen molar-refractivity contribution in [3.63, 3.8) is 0 Å². The zero-order valence-electron chi connectivity index (χ0n) is 14.5. The van der Waals surface area contributed by atoms with Crippen LogP contribution in [0.25, 0.3) is 5.57 Å². The Morgan fingerprint density at radius 1 is 0.920 bits per heavy atom. The minimum absolute atomic E-state index is 0.109. The number of ketones is 1. The first kappa shape index (κ1) is 18.3. The van der Waals surface area contributed by atoms with E-state index >= 15 is 0 Å². The van der Waals surface area contributed by atoms with Crippen molar-refractivity contribution in [2.75, 3.05) is 20.8 Å². The van der Waals surface area contributed by atoms with E-state index in [1.165, 1.54) is 7.11 Å². The van der Waals surface area contributed by atoms with E-state index in [-0.39, 0.29) is 18.0 Å². The van der Waals surface area contributed by atoms with Crippen LogP contribution in [-0.4, -0.2) is 32.6 Å². The number of carbonyl (C=O) groups excluding carboxylic acids is 2. The molecule has 0 atom stereocenters. The summed E-state index contributed by atoms with van der Waals surface area (Å²) in [6.45, 7) is 5.71. The SMILES string of the molecule is C=C(C(=O)OCC)c1cc(OC)ccc1C(=O)c1ccc(OC)cc1. The minimum Gasteiger partial charge on any atom is -0.497 e. The zero-order chi connectivity index (χ0) is 18.4. The van der Waals surface area contributed by atoms with Gasteiger partial charge in [-0.25, -0.2) is 4.79 Å². The van der Waals surface area contributed by atoms with Gasteiger partial charge in [-0.05, 0) is 49.4 Å². The van der Waals surface area contributed by atoms with Crippen molar-refractivity contribution in [2.45, 2.75) is 6.92 Å². The predicted octanol–water partition coefficient (Wildman–Crippen LogP) is 3.51. The van der Waals surface area contributed by atoms with E-state index in [1.807, 2.05) is 0 Å². The lowest BCUT2D eigenvalue weighted by Crippen LogP contribution is -2.11. The van der Waals surface area contributed by atoms with Crippen molar-refractivity contribution in [3.8, 4) is 11.5 Å². The second-order valence-corrected chi connectivity index (χ2v) is 5.17. The molecule has 0 saturated heterocycles. The summed E-state index contributed by atoms with van der Waals surface area (Å²) in [4.78, 5) is 24.9. The summed E-state index contributed by atoms with van der Waals surface area (Å²) in [6, 6.07) is 11.6. The van der Waals surface area contributed by atoms with Gasteiger partial charge in [0.25, 0.3) is 0 Å². The average Bonchev–Trinajstić information content (AvgIpc) is 2.66. The highest BCUT2D eigenvalue weighted by Crippen LogP contribution is 2.27. The van der Waals surface area contributed by atoms with Gasteiger partial charge in [0.05, 0.1) is 26.4 Å². The molecule has 0 aliphatic carbocycles. The largest absolute Gasteiger partial charge is 0.497 e. The lowest BCUT2D eigenvalue weighted by atomic mass is 9.94. The summed E-state index contributed by atoms with van der Waals surface area (Å²) in [7, 11) is 3.07. The monoisotopic (exact) mass is 340 g/mol. The van der Waals surface area contributed by atoms with E-state index in [0.717, 1.165) is 0 Å². The standard InChI is InChI=1S/C20H20O5/c1-5-25-20(22)13(2)18-12-16(24-4)10-11-17(18)19(21)14-6-8-15(23-3)9-7-14/h6-12H,2,5H2,1,3-4H3. The molecule has 2 rings (SSSR count). The molecule has 25 heavy (non-hydrogen) atoms. The van der Waals surface area contributed by atoms with Gasteiger partial charge in [-0.2, -0.15) is 0 Å².